The van der Waals surface area contributed by atoms with Crippen LogP contribution in [0.3, 0.4) is 0 Å². The van der Waals surface area contributed by atoms with Crippen molar-refractivity contribution in [1.29, 1.82) is 5.26 Å². The number of nitriles is 1. The Kier molecular flexibility index (Phi) is 8.41. The Morgan fingerprint density at radius 2 is 1.90 bits per heavy atom. The number of aromatic carboxylic acids is 1. The molecule has 2 aromatic rings. The number of ether oxygens (including phenoxy) is 4. The Morgan fingerprint density at radius 3 is 2.57 bits per heavy atom. The van der Waals surface area contributed by atoms with Crippen LogP contribution in [0.2, 0.25) is 0 Å². The maximum atomic E-state index is 11.9. The van der Waals surface area contributed by atoms with Crippen LogP contribution < -0.4 is 9.47 Å². The Labute approximate surface area is 173 Å². The van der Waals surface area contributed by atoms with Crippen LogP contribution in [-0.2, 0) is 20.9 Å². The lowest BCUT2D eigenvalue weighted by Gasteiger charge is -2.12. The van der Waals surface area contributed by atoms with Gasteiger partial charge in [-0.1, -0.05) is 18.2 Å². The van der Waals surface area contributed by atoms with Gasteiger partial charge in [0, 0.05) is 7.11 Å². The molecule has 0 aliphatic rings. The molecule has 0 spiro atoms. The number of nitrogens with zero attached hydrogens (tertiary/aromatic N) is 1. The Morgan fingerprint density at radius 1 is 1.10 bits per heavy atom. The molecule has 0 atom stereocenters. The highest BCUT2D eigenvalue weighted by Gasteiger charge is 2.12. The lowest BCUT2D eigenvalue weighted by Crippen LogP contribution is -2.11. The molecule has 156 valence electrons. The van der Waals surface area contributed by atoms with E-state index in [1.54, 1.807) is 30.3 Å². The minimum Gasteiger partial charge on any atom is -0.493 e. The van der Waals surface area contributed by atoms with E-state index in [1.165, 1.54) is 32.4 Å². The molecule has 0 aromatic heterocycles. The van der Waals surface area contributed by atoms with E-state index in [4.69, 9.17) is 24.1 Å². The number of carboxylic acid groups (broad SMARTS) is 1. The first-order chi connectivity index (χ1) is 14.5. The molecule has 0 radical (unpaired) electrons. The lowest BCUT2D eigenvalue weighted by molar-refractivity contribution is -0.139. The summed E-state index contributed by atoms with van der Waals surface area (Å²) in [7, 11) is 2.94. The molecule has 2 rings (SSSR count). The van der Waals surface area contributed by atoms with E-state index in [1.807, 2.05) is 6.07 Å². The number of carboxylic acids is 1. The molecule has 2 aromatic carbocycles. The van der Waals surface area contributed by atoms with E-state index in [0.717, 1.165) is 0 Å². The zero-order chi connectivity index (χ0) is 21.9. The van der Waals surface area contributed by atoms with Crippen LogP contribution in [0, 0.1) is 11.3 Å². The summed E-state index contributed by atoms with van der Waals surface area (Å²) in [6.45, 7) is 0.426. The summed E-state index contributed by atoms with van der Waals surface area (Å²) in [5.41, 5.74) is 1.25. The molecule has 1 N–H and O–H groups in total. The lowest BCUT2D eigenvalue weighted by atomic mass is 10.1. The van der Waals surface area contributed by atoms with E-state index in [9.17, 15) is 14.9 Å². The zero-order valence-corrected chi connectivity index (χ0v) is 16.6. The van der Waals surface area contributed by atoms with Gasteiger partial charge in [-0.05, 0) is 41.5 Å². The maximum absolute atomic E-state index is 11.9. The summed E-state index contributed by atoms with van der Waals surface area (Å²) in [5.74, 6) is -0.938. The second-order valence-electron chi connectivity index (χ2n) is 6.00. The molecule has 0 fully saturated rings. The number of benzene rings is 2. The SMILES string of the molecule is COCCOC(=O)/C(C#N)=C/c1ccc(OCc2cccc(C(=O)O)c2)c(OC)c1. The van der Waals surface area contributed by atoms with Crippen LogP contribution in [0.15, 0.2) is 48.0 Å². The number of methoxy groups -OCH3 is 2. The molecule has 8 nitrogen and oxygen atoms in total. The number of esters is 1. The number of hydrogen-bond acceptors (Lipinski definition) is 7. The number of carbonyl (C=O) groups is 2. The highest BCUT2D eigenvalue weighted by molar-refractivity contribution is 5.98. The fourth-order valence-corrected chi connectivity index (χ4v) is 2.45. The van der Waals surface area contributed by atoms with Crippen LogP contribution in [-0.4, -0.2) is 44.5 Å². The van der Waals surface area contributed by atoms with Crippen molar-refractivity contribution in [3.05, 3.63) is 64.7 Å². The van der Waals surface area contributed by atoms with Gasteiger partial charge in [-0.15, -0.1) is 0 Å². The van der Waals surface area contributed by atoms with Crippen molar-refractivity contribution in [3.63, 3.8) is 0 Å². The van der Waals surface area contributed by atoms with Crippen LogP contribution in [0.5, 0.6) is 11.5 Å². The molecule has 0 saturated heterocycles. The van der Waals surface area contributed by atoms with Crippen molar-refractivity contribution in [1.82, 2.24) is 0 Å². The van der Waals surface area contributed by atoms with Crippen LogP contribution in [0.4, 0.5) is 0 Å². The smallest absolute Gasteiger partial charge is 0.348 e. The predicted octanol–water partition coefficient (Wildman–Crippen LogP) is 3.07. The Hall–Kier alpha value is -3.83. The van der Waals surface area contributed by atoms with Gasteiger partial charge < -0.3 is 24.1 Å². The van der Waals surface area contributed by atoms with Gasteiger partial charge >= 0.3 is 11.9 Å². The predicted molar refractivity (Wildman–Crippen MR) is 107 cm³/mol. The molecule has 0 heterocycles. The first-order valence-corrected chi connectivity index (χ1v) is 8.89. The van der Waals surface area contributed by atoms with E-state index >= 15 is 0 Å². The van der Waals surface area contributed by atoms with Gasteiger partial charge in [0.2, 0.25) is 0 Å². The monoisotopic (exact) mass is 411 g/mol. The molecule has 0 bridgehead atoms. The maximum Gasteiger partial charge on any atom is 0.348 e. The third kappa shape index (κ3) is 6.36. The van der Waals surface area contributed by atoms with Crippen molar-refractivity contribution in [2.24, 2.45) is 0 Å². The van der Waals surface area contributed by atoms with E-state index in [2.05, 4.69) is 0 Å². The van der Waals surface area contributed by atoms with Crippen molar-refractivity contribution >= 4 is 18.0 Å². The fraction of sp³-hybridized carbons (Fsp3) is 0.227. The molecule has 0 aliphatic heterocycles. The van der Waals surface area contributed by atoms with Gasteiger partial charge in [0.1, 0.15) is 24.9 Å². The molecule has 0 unspecified atom stereocenters. The second-order valence-corrected chi connectivity index (χ2v) is 6.00. The van der Waals surface area contributed by atoms with E-state index < -0.39 is 11.9 Å². The summed E-state index contributed by atoms with van der Waals surface area (Å²) >= 11 is 0. The molecule has 30 heavy (non-hydrogen) atoms. The van der Waals surface area contributed by atoms with Crippen molar-refractivity contribution in [2.75, 3.05) is 27.4 Å². The molecule has 0 aliphatic carbocycles. The van der Waals surface area contributed by atoms with Crippen LogP contribution >= 0.6 is 0 Å². The van der Waals surface area contributed by atoms with Gasteiger partial charge in [0.25, 0.3) is 0 Å². The molecular formula is C22H21NO7. The fourth-order valence-electron chi connectivity index (χ4n) is 2.45. The van der Waals surface area contributed by atoms with Gasteiger partial charge in [-0.2, -0.15) is 5.26 Å². The van der Waals surface area contributed by atoms with Gasteiger partial charge in [-0.3, -0.25) is 0 Å². The Bertz CT molecular complexity index is 976. The molecule has 0 saturated carbocycles. The Balaban J connectivity index is 2.14. The molecule has 8 heteroatoms. The first-order valence-electron chi connectivity index (χ1n) is 8.89. The van der Waals surface area contributed by atoms with Crippen molar-refractivity contribution < 1.29 is 33.6 Å². The topological polar surface area (TPSA) is 115 Å². The van der Waals surface area contributed by atoms with Crippen LogP contribution in [0.1, 0.15) is 21.5 Å². The van der Waals surface area contributed by atoms with E-state index in [-0.39, 0.29) is 31.0 Å². The minimum absolute atomic E-state index is 0.0491. The number of hydrogen-bond donors (Lipinski definition) is 1. The normalized spacial score (nSPS) is 10.8. The number of carbonyl (C=O) groups excluding carboxylic acids is 1. The summed E-state index contributed by atoms with van der Waals surface area (Å²) in [5, 5.41) is 18.3. The standard InChI is InChI=1S/C22H21NO7/c1-27-8-9-29-22(26)18(13-23)10-15-6-7-19(20(12-15)28-2)30-14-16-4-3-5-17(11-16)21(24)25/h3-7,10-12H,8-9,14H2,1-2H3,(H,24,25)/b18-10+. The van der Waals surface area contributed by atoms with E-state index in [0.29, 0.717) is 22.6 Å². The quantitative estimate of drug-likeness (QED) is 0.274. The highest BCUT2D eigenvalue weighted by Crippen LogP contribution is 2.30. The molecular weight excluding hydrogens is 390 g/mol. The van der Waals surface area contributed by atoms with Crippen molar-refractivity contribution in [3.8, 4) is 17.6 Å². The van der Waals surface area contributed by atoms with Gasteiger partial charge in [0.05, 0.1) is 19.3 Å². The highest BCUT2D eigenvalue weighted by atomic mass is 16.6. The summed E-state index contributed by atoms with van der Waals surface area (Å²) < 4.78 is 20.8. The zero-order valence-electron chi connectivity index (χ0n) is 16.6. The van der Waals surface area contributed by atoms with Gasteiger partial charge in [0.15, 0.2) is 11.5 Å². The van der Waals surface area contributed by atoms with Crippen LogP contribution in [0.25, 0.3) is 6.08 Å². The van der Waals surface area contributed by atoms with Gasteiger partial charge in [-0.25, -0.2) is 9.59 Å². The first kappa shape index (κ1) is 22.5. The molecule has 0 amide bonds. The average Bonchev–Trinajstić information content (AvgIpc) is 2.76. The minimum atomic E-state index is -1.01. The summed E-state index contributed by atoms with van der Waals surface area (Å²) in [4.78, 5) is 23.0. The third-order valence-electron chi connectivity index (χ3n) is 3.93. The largest absolute Gasteiger partial charge is 0.493 e. The summed E-state index contributed by atoms with van der Waals surface area (Å²) in [6, 6.07) is 13.1. The summed E-state index contributed by atoms with van der Waals surface area (Å²) in [6.07, 6.45) is 1.39. The average molecular weight is 411 g/mol. The number of rotatable bonds is 10. The van der Waals surface area contributed by atoms with Crippen molar-refractivity contribution in [2.45, 2.75) is 6.61 Å². The second kappa shape index (κ2) is 11.2. The third-order valence-corrected chi connectivity index (χ3v) is 3.93.